The molecule has 0 spiro atoms. The largest absolute Gasteiger partial charge is 0 e. The van der Waals surface area contributed by atoms with E-state index in [0.717, 1.165) is 0 Å². The van der Waals surface area contributed by atoms with Crippen molar-refractivity contribution in [1.29, 1.82) is 0 Å². The normalized spacial score (nSPS) is 0. The van der Waals surface area contributed by atoms with Crippen molar-refractivity contribution in [3.63, 3.8) is 0 Å². The predicted molar refractivity (Wildman–Crippen MR) is 0 cm³/mol. The van der Waals surface area contributed by atoms with E-state index in [1.54, 1.807) is 0 Å². The third kappa shape index (κ3) is 735. The van der Waals surface area contributed by atoms with Crippen molar-refractivity contribution in [2.75, 3.05) is 0 Å². The van der Waals surface area contributed by atoms with Crippen LogP contribution in [0, 0.1) is 0 Å². The molecule has 68 heavy (non-hydrogen) atoms. The van der Waals surface area contributed by atoms with E-state index in [0.29, 0.717) is 0 Å². The van der Waals surface area contributed by atoms with Gasteiger partial charge in [-0.25, -0.2) is 0 Å². The minimum Gasteiger partial charge on any atom is 0 e. The van der Waals surface area contributed by atoms with Crippen molar-refractivity contribution in [3.8, 4) is 0 Å². The van der Waals surface area contributed by atoms with Crippen molar-refractivity contribution in [1.82, 2.24) is 0 Å². The Bertz CT molecular complexity index is 0. The van der Waals surface area contributed by atoms with Crippen LogP contribution in [0.4, 0.5) is 0 Å². The molecular formula is V68. The van der Waals surface area contributed by atoms with E-state index in [1.807, 2.05) is 0 Å². The first-order chi connectivity index (χ1) is 0. The zero-order valence-electron chi connectivity index (χ0n) is 30.4. The Hall–Kier alpha value is 39.7. The van der Waals surface area contributed by atoms with Crippen LogP contribution in [0.5, 0.6) is 0 Å². The van der Waals surface area contributed by atoms with Gasteiger partial charge in [-0.3, -0.25) is 0 Å². The predicted octanol–water partition coefficient (Wildman–Crippen LogP) is -0.170. The summed E-state index contributed by atoms with van der Waals surface area (Å²) in [6.45, 7) is 0. The van der Waals surface area contributed by atoms with Crippen molar-refractivity contribution in [3.05, 3.63) is 0 Å². The Morgan fingerprint density at radius 1 is 0.0147 bits per heavy atom. The maximum atomic E-state index is 0. The molecule has 0 aliphatic heterocycles. The van der Waals surface area contributed by atoms with Gasteiger partial charge in [-0.15, -0.1) is 0 Å². The molecule has 0 aliphatic rings. The summed E-state index contributed by atoms with van der Waals surface area (Å²) in [5.74, 6) is 0. The SMILES string of the molecule is [V].[V].[V].[V].[V].[V].[V].[V].[V].[V].[V].[V].[V].[V].[V].[V].[V].[V].[V].[V].[V].[V].[V].[V].[V].[V].[V].[V].[V].[V].[V].[V].[V].[V].[V].[V].[V].[V].[V].[V].[V].[V].[V].[V].[V].[V].[V].[V].[V].[V].[V].[V].[V].[V].[V].[V].[V].[V].[V].[V].[V].[V].[V].[V].[V].[V].[V].[V]. The number of rotatable bonds is 0. The summed E-state index contributed by atoms with van der Waals surface area (Å²) < 4.78 is 0. The third-order valence-corrected chi connectivity index (χ3v) is 0. The molecule has 0 saturated carbocycles. The second-order valence-electron chi connectivity index (χ2n) is 0. The molecular weight excluding hydrogens is 3460 g/mol. The van der Waals surface area contributed by atoms with Gasteiger partial charge in [0.2, 0.25) is 0 Å². The van der Waals surface area contributed by atoms with E-state index in [-0.39, 0.29) is 1260 Å². The van der Waals surface area contributed by atoms with Crippen molar-refractivity contribution in [2.45, 2.75) is 0 Å². The molecule has 0 fully saturated rings. The van der Waals surface area contributed by atoms with Crippen LogP contribution in [0.15, 0.2) is 0 Å². The van der Waals surface area contributed by atoms with Gasteiger partial charge < -0.3 is 0 Å². The van der Waals surface area contributed by atoms with Crippen LogP contribution in [-0.2, 0) is 1260 Å². The van der Waals surface area contributed by atoms with Crippen molar-refractivity contribution < 1.29 is 1260 Å². The Balaban J connectivity index is 0. The van der Waals surface area contributed by atoms with Crippen molar-refractivity contribution in [2.24, 2.45) is 0 Å². The van der Waals surface area contributed by atoms with Crippen LogP contribution in [0.1, 0.15) is 0 Å². The van der Waals surface area contributed by atoms with E-state index in [4.69, 9.17) is 0 Å². The van der Waals surface area contributed by atoms with Gasteiger partial charge in [0.15, 0.2) is 0 Å². The minimum atomic E-state index is 0. The molecule has 0 aromatic heterocycles. The van der Waals surface area contributed by atoms with Crippen LogP contribution in [0.2, 0.25) is 0 Å². The van der Waals surface area contributed by atoms with Gasteiger partial charge >= 0.3 is 0 Å². The molecule has 0 rings (SSSR count). The van der Waals surface area contributed by atoms with Gasteiger partial charge in [0.05, 0.1) is 0 Å². The zero-order chi connectivity index (χ0) is 0. The molecule has 0 bridgehead atoms. The van der Waals surface area contributed by atoms with Crippen molar-refractivity contribution >= 4 is 0 Å². The first-order valence-electron chi connectivity index (χ1n) is 0. The first kappa shape index (κ1) is 777. The Kier molecular flexibility index (Phi) is 8640. The summed E-state index contributed by atoms with van der Waals surface area (Å²) >= 11 is 0. The summed E-state index contributed by atoms with van der Waals surface area (Å²) in [5, 5.41) is 0. The summed E-state index contributed by atoms with van der Waals surface area (Å²) in [5.41, 5.74) is 0. The molecule has 0 atom stereocenters. The van der Waals surface area contributed by atoms with E-state index >= 15 is 0 Å². The molecule has 0 heterocycles. The summed E-state index contributed by atoms with van der Waals surface area (Å²) in [7, 11) is 0. The quantitative estimate of drug-likeness (QED) is 0.317. The smallest absolute Gasteiger partial charge is 0 e. The zero-order valence-corrected chi connectivity index (χ0v) is 125. The second kappa shape index (κ2) is 756. The molecule has 0 aromatic carbocycles. The molecule has 68 radical (unpaired) electrons. The Morgan fingerprint density at radius 3 is 0.0147 bits per heavy atom. The summed E-state index contributed by atoms with van der Waals surface area (Å²) in [6.07, 6.45) is 0. The average molecular weight is 3460 g/mol. The molecule has 0 N–H and O–H groups in total. The monoisotopic (exact) mass is 3460 g/mol. The maximum Gasteiger partial charge on any atom is 0 e. The Morgan fingerprint density at radius 2 is 0.0147 bits per heavy atom. The fourth-order valence-corrected chi connectivity index (χ4v) is 0. The van der Waals surface area contributed by atoms with Gasteiger partial charge in [0, 0.05) is 1260 Å². The van der Waals surface area contributed by atoms with Crippen LogP contribution < -0.4 is 0 Å². The van der Waals surface area contributed by atoms with Gasteiger partial charge in [-0.05, 0) is 0 Å². The van der Waals surface area contributed by atoms with Crippen LogP contribution in [0.3, 0.4) is 0 Å². The first-order valence-corrected chi connectivity index (χ1v) is 0. The molecule has 0 saturated heterocycles. The standard InChI is InChI=1S/68V. The van der Waals surface area contributed by atoms with Gasteiger partial charge in [0.1, 0.15) is 0 Å². The maximum absolute atomic E-state index is 0. The van der Waals surface area contributed by atoms with Gasteiger partial charge in [0.25, 0.3) is 0 Å². The average Bonchev–Trinajstić information content (AvgIpc) is 0. The second-order valence-corrected chi connectivity index (χ2v) is 0. The molecule has 0 aromatic rings. The molecule has 0 nitrogen and oxygen atoms in total. The molecule has 340 valence electrons. The third-order valence-electron chi connectivity index (χ3n) is 0. The van der Waals surface area contributed by atoms with Crippen LogP contribution in [0.25, 0.3) is 0 Å². The van der Waals surface area contributed by atoms with Gasteiger partial charge in [-0.1, -0.05) is 0 Å². The van der Waals surface area contributed by atoms with E-state index in [9.17, 15) is 0 Å². The summed E-state index contributed by atoms with van der Waals surface area (Å²) in [4.78, 5) is 0. The van der Waals surface area contributed by atoms with E-state index in [2.05, 4.69) is 0 Å². The summed E-state index contributed by atoms with van der Waals surface area (Å²) in [6, 6.07) is 0. The fraction of sp³-hybridized carbons (Fsp3) is 0. The van der Waals surface area contributed by atoms with Crippen LogP contribution >= 0.6 is 0 Å². The van der Waals surface area contributed by atoms with Crippen LogP contribution in [-0.4, -0.2) is 0 Å². The fourth-order valence-electron chi connectivity index (χ4n) is 0. The molecule has 0 amide bonds. The topological polar surface area (TPSA) is 0 Å². The molecule has 68 heteroatoms. The van der Waals surface area contributed by atoms with Gasteiger partial charge in [-0.2, -0.15) is 0 Å². The molecule has 0 unspecified atom stereocenters. The van der Waals surface area contributed by atoms with E-state index < -0.39 is 0 Å². The molecule has 0 aliphatic carbocycles. The minimum absolute atomic E-state index is 0. The Labute approximate surface area is 1230 Å². The number of hydrogen-bond donors (Lipinski definition) is 0. The van der Waals surface area contributed by atoms with E-state index in [1.165, 1.54) is 0 Å². The number of hydrogen-bond acceptors (Lipinski definition) is 0.